The Morgan fingerprint density at radius 2 is 2.00 bits per heavy atom. The van der Waals surface area contributed by atoms with Crippen LogP contribution in [0.2, 0.25) is 0 Å². The number of nitrogens with one attached hydrogen (secondary N) is 1. The minimum atomic E-state index is -0.578. The van der Waals surface area contributed by atoms with E-state index in [-0.39, 0.29) is 41.6 Å². The number of nitrogens with zero attached hydrogens (tertiary/aromatic N) is 1. The van der Waals surface area contributed by atoms with Gasteiger partial charge in [0, 0.05) is 0 Å². The first-order valence-electron chi connectivity index (χ1n) is 6.17. The van der Waals surface area contributed by atoms with Gasteiger partial charge in [0.2, 0.25) is 17.7 Å². The van der Waals surface area contributed by atoms with Gasteiger partial charge in [0.15, 0.2) is 0 Å². The smallest absolute Gasteiger partial charge is 0.244 e. The molecule has 1 saturated carbocycles. The van der Waals surface area contributed by atoms with Crippen molar-refractivity contribution in [3.63, 3.8) is 0 Å². The molecule has 2 unspecified atom stereocenters. The molecule has 3 N–H and O–H groups in total. The van der Waals surface area contributed by atoms with E-state index in [1.165, 1.54) is 12.1 Å². The number of rotatable bonds is 3. The van der Waals surface area contributed by atoms with Crippen molar-refractivity contribution in [3.8, 4) is 0 Å². The van der Waals surface area contributed by atoms with Gasteiger partial charge < -0.3 is 11.1 Å². The molecule has 20 heavy (non-hydrogen) atoms. The third kappa shape index (κ3) is 2.01. The largest absolute Gasteiger partial charge is 0.397 e. The molecule has 0 spiro atoms. The Morgan fingerprint density at radius 1 is 1.35 bits per heavy atom. The highest BCUT2D eigenvalue weighted by atomic mass is 19.1. The van der Waals surface area contributed by atoms with Crippen LogP contribution in [-0.2, 0) is 14.4 Å². The summed E-state index contributed by atoms with van der Waals surface area (Å²) in [6.45, 7) is -0.360. The van der Waals surface area contributed by atoms with Crippen LogP contribution in [-0.4, -0.2) is 29.2 Å². The van der Waals surface area contributed by atoms with Gasteiger partial charge >= 0.3 is 0 Å². The highest BCUT2D eigenvalue weighted by molar-refractivity contribution is 6.11. The molecule has 0 radical (unpaired) electrons. The van der Waals surface area contributed by atoms with Crippen molar-refractivity contribution in [1.29, 1.82) is 0 Å². The summed E-state index contributed by atoms with van der Waals surface area (Å²) >= 11 is 0. The molecule has 0 aromatic heterocycles. The molecule has 1 heterocycles. The number of imide groups is 1. The molecule has 6 nitrogen and oxygen atoms in total. The Kier molecular flexibility index (Phi) is 2.70. The number of nitrogens with two attached hydrogens (primary N) is 1. The van der Waals surface area contributed by atoms with E-state index in [1.54, 1.807) is 0 Å². The number of hydrogen-bond donors (Lipinski definition) is 2. The van der Waals surface area contributed by atoms with Crippen LogP contribution in [0.25, 0.3) is 0 Å². The number of amides is 3. The van der Waals surface area contributed by atoms with Gasteiger partial charge in [-0.15, -0.1) is 0 Å². The maximum Gasteiger partial charge on any atom is 0.244 e. The molecule has 1 aliphatic heterocycles. The Labute approximate surface area is 113 Å². The number of likely N-dealkylation sites (tertiary alicyclic amines) is 1. The lowest BCUT2D eigenvalue weighted by atomic mass is 10.2. The first kappa shape index (κ1) is 12.6. The summed E-state index contributed by atoms with van der Waals surface area (Å²) in [5, 5.41) is 2.40. The summed E-state index contributed by atoms with van der Waals surface area (Å²) in [7, 11) is 0. The van der Waals surface area contributed by atoms with Gasteiger partial charge in [-0.05, 0) is 24.6 Å². The fourth-order valence-corrected chi connectivity index (χ4v) is 2.38. The van der Waals surface area contributed by atoms with Crippen LogP contribution in [0.15, 0.2) is 18.2 Å². The predicted molar refractivity (Wildman–Crippen MR) is 67.8 cm³/mol. The molecular formula is C13H12FN3O3. The van der Waals surface area contributed by atoms with Crippen molar-refractivity contribution >= 4 is 29.1 Å². The minimum Gasteiger partial charge on any atom is -0.397 e. The van der Waals surface area contributed by atoms with Gasteiger partial charge in [0.25, 0.3) is 0 Å². The third-order valence-corrected chi connectivity index (χ3v) is 3.55. The second-order valence-electron chi connectivity index (χ2n) is 4.99. The number of hydrogen-bond acceptors (Lipinski definition) is 4. The van der Waals surface area contributed by atoms with E-state index in [2.05, 4.69) is 5.32 Å². The lowest BCUT2D eigenvalue weighted by Crippen LogP contribution is -2.39. The Bertz CT molecular complexity index is 611. The van der Waals surface area contributed by atoms with Crippen molar-refractivity contribution < 1.29 is 18.8 Å². The van der Waals surface area contributed by atoms with Crippen molar-refractivity contribution in [2.45, 2.75) is 6.42 Å². The topological polar surface area (TPSA) is 92.5 Å². The first-order valence-corrected chi connectivity index (χ1v) is 6.17. The predicted octanol–water partition coefficient (Wildman–Crippen LogP) is 0.351. The van der Waals surface area contributed by atoms with Crippen LogP contribution in [0, 0.1) is 17.7 Å². The van der Waals surface area contributed by atoms with E-state index in [0.717, 1.165) is 11.0 Å². The number of anilines is 2. The summed E-state index contributed by atoms with van der Waals surface area (Å²) in [5.74, 6) is -2.21. The maximum absolute atomic E-state index is 13.1. The van der Waals surface area contributed by atoms with Gasteiger partial charge in [-0.3, -0.25) is 19.3 Å². The van der Waals surface area contributed by atoms with Crippen molar-refractivity contribution in [3.05, 3.63) is 24.0 Å². The van der Waals surface area contributed by atoms with E-state index in [1.807, 2.05) is 0 Å². The zero-order valence-electron chi connectivity index (χ0n) is 10.4. The summed E-state index contributed by atoms with van der Waals surface area (Å²) in [6.07, 6.45) is 0.590. The lowest BCUT2D eigenvalue weighted by Gasteiger charge is -2.16. The SMILES string of the molecule is Nc1ccc(F)cc1NC(=O)CN1C(=O)C2CC2C1=O. The molecule has 0 bridgehead atoms. The molecule has 2 aliphatic rings. The van der Waals surface area contributed by atoms with Crippen LogP contribution in [0.3, 0.4) is 0 Å². The third-order valence-electron chi connectivity index (χ3n) is 3.55. The zero-order chi connectivity index (χ0) is 14.4. The van der Waals surface area contributed by atoms with Crippen LogP contribution in [0.1, 0.15) is 6.42 Å². The van der Waals surface area contributed by atoms with Crippen LogP contribution >= 0.6 is 0 Å². The molecule has 1 aromatic carbocycles. The van der Waals surface area contributed by atoms with Gasteiger partial charge in [0.1, 0.15) is 12.4 Å². The average Bonchev–Trinajstić information content (AvgIpc) is 3.14. The molecule has 104 valence electrons. The quantitative estimate of drug-likeness (QED) is 0.616. The van der Waals surface area contributed by atoms with Crippen LogP contribution in [0.5, 0.6) is 0 Å². The molecule has 1 aromatic rings. The number of halogens is 1. The zero-order valence-corrected chi connectivity index (χ0v) is 10.4. The van der Waals surface area contributed by atoms with Gasteiger partial charge in [-0.2, -0.15) is 0 Å². The Hall–Kier alpha value is -2.44. The monoisotopic (exact) mass is 277 g/mol. The molecule has 2 atom stereocenters. The van der Waals surface area contributed by atoms with Gasteiger partial charge in [-0.1, -0.05) is 0 Å². The van der Waals surface area contributed by atoms with Gasteiger partial charge in [0.05, 0.1) is 23.2 Å². The molecule has 3 rings (SSSR count). The molecular weight excluding hydrogens is 265 g/mol. The standard InChI is InChI=1S/C13H12FN3O3/c14-6-1-2-9(15)10(3-6)16-11(18)5-17-12(19)7-4-8(7)13(17)20/h1-3,7-8H,4-5,15H2,(H,16,18). The molecule has 7 heteroatoms. The second-order valence-corrected chi connectivity index (χ2v) is 4.99. The first-order chi connectivity index (χ1) is 9.47. The fraction of sp³-hybridized carbons (Fsp3) is 0.308. The summed E-state index contributed by atoms with van der Waals surface area (Å²) < 4.78 is 13.1. The summed E-state index contributed by atoms with van der Waals surface area (Å²) in [4.78, 5) is 36.2. The number of fused-ring (bicyclic) bond motifs is 1. The molecule has 1 saturated heterocycles. The summed E-state index contributed by atoms with van der Waals surface area (Å²) in [5.41, 5.74) is 5.93. The van der Waals surface area contributed by atoms with Crippen molar-refractivity contribution in [1.82, 2.24) is 4.90 Å². The minimum absolute atomic E-state index is 0.124. The lowest BCUT2D eigenvalue weighted by molar-refractivity contribution is -0.143. The average molecular weight is 277 g/mol. The van der Waals surface area contributed by atoms with E-state index < -0.39 is 11.7 Å². The van der Waals surface area contributed by atoms with E-state index in [0.29, 0.717) is 6.42 Å². The molecule has 2 fully saturated rings. The highest BCUT2D eigenvalue weighted by Gasteiger charge is 2.59. The number of benzene rings is 1. The van der Waals surface area contributed by atoms with Crippen LogP contribution < -0.4 is 11.1 Å². The Balaban J connectivity index is 1.67. The van der Waals surface area contributed by atoms with E-state index in [4.69, 9.17) is 5.73 Å². The van der Waals surface area contributed by atoms with Crippen molar-refractivity contribution in [2.75, 3.05) is 17.6 Å². The molecule has 3 amide bonds. The Morgan fingerprint density at radius 3 is 2.65 bits per heavy atom. The number of piperidine rings is 1. The number of nitrogen functional groups attached to an aromatic ring is 1. The number of carbonyl (C=O) groups is 3. The van der Waals surface area contributed by atoms with E-state index >= 15 is 0 Å². The maximum atomic E-state index is 13.1. The summed E-state index contributed by atoms with van der Waals surface area (Å²) in [6, 6.07) is 3.58. The highest BCUT2D eigenvalue weighted by Crippen LogP contribution is 2.46. The fourth-order valence-electron chi connectivity index (χ4n) is 2.38. The number of carbonyl (C=O) groups excluding carboxylic acids is 3. The normalized spacial score (nSPS) is 23.8. The van der Waals surface area contributed by atoms with Gasteiger partial charge in [-0.25, -0.2) is 4.39 Å². The second kappa shape index (κ2) is 4.29. The molecule has 1 aliphatic carbocycles. The van der Waals surface area contributed by atoms with E-state index in [9.17, 15) is 18.8 Å². The van der Waals surface area contributed by atoms with Crippen molar-refractivity contribution in [2.24, 2.45) is 11.8 Å². The van der Waals surface area contributed by atoms with Crippen LogP contribution in [0.4, 0.5) is 15.8 Å².